The number of H-pyrrole nitrogens is 1. The Bertz CT molecular complexity index is 1340. The lowest BCUT2D eigenvalue weighted by atomic mass is 9.68. The molecule has 2 aliphatic rings. The Balaban J connectivity index is 1.87. The lowest BCUT2D eigenvalue weighted by Crippen LogP contribution is -2.42. The Kier molecular flexibility index (Phi) is 3.44. The molecule has 1 atom stereocenters. The predicted molar refractivity (Wildman–Crippen MR) is 104 cm³/mol. The highest BCUT2D eigenvalue weighted by atomic mass is 16.6. The van der Waals surface area contributed by atoms with Crippen LogP contribution in [-0.2, 0) is 10.2 Å². The summed E-state index contributed by atoms with van der Waals surface area (Å²) in [6, 6.07) is 14.8. The summed E-state index contributed by atoms with van der Waals surface area (Å²) >= 11 is 0. The number of rotatable bonds is 2. The molecule has 0 fully saturated rings. The molecule has 0 saturated heterocycles. The number of aromatic nitrogens is 2. The quantitative estimate of drug-likeness (QED) is 0.439. The number of benzene rings is 2. The topological polar surface area (TPSA) is 160 Å². The highest BCUT2D eigenvalue weighted by Gasteiger charge is 2.58. The molecule has 10 nitrogen and oxygen atoms in total. The van der Waals surface area contributed by atoms with Gasteiger partial charge in [-0.15, -0.1) is 5.10 Å². The molecule has 3 aromatic rings. The molecule has 5 rings (SSSR count). The van der Waals surface area contributed by atoms with Crippen LogP contribution in [0.2, 0.25) is 0 Å². The molecule has 0 saturated carbocycles. The Labute approximate surface area is 168 Å². The first kappa shape index (κ1) is 17.4. The van der Waals surface area contributed by atoms with Crippen molar-refractivity contribution in [2.45, 2.75) is 5.41 Å². The maximum atomic E-state index is 13.4. The summed E-state index contributed by atoms with van der Waals surface area (Å²) in [6.45, 7) is 0. The lowest BCUT2D eigenvalue weighted by Gasteiger charge is -2.31. The van der Waals surface area contributed by atoms with Crippen LogP contribution in [0.1, 0.15) is 11.1 Å². The van der Waals surface area contributed by atoms with Crippen LogP contribution in [0.25, 0.3) is 11.3 Å². The number of amides is 1. The van der Waals surface area contributed by atoms with E-state index in [0.717, 1.165) is 0 Å². The Hall–Kier alpha value is -4.65. The van der Waals surface area contributed by atoms with Crippen molar-refractivity contribution in [2.24, 2.45) is 5.73 Å². The number of carbonyl (C=O) groups is 1. The number of nitriles is 1. The first-order valence-corrected chi connectivity index (χ1v) is 8.81. The zero-order valence-electron chi connectivity index (χ0n) is 15.2. The van der Waals surface area contributed by atoms with Crippen LogP contribution in [0.4, 0.5) is 11.4 Å². The van der Waals surface area contributed by atoms with E-state index in [0.29, 0.717) is 22.5 Å². The van der Waals surface area contributed by atoms with Gasteiger partial charge in [0.05, 0.1) is 16.2 Å². The van der Waals surface area contributed by atoms with Gasteiger partial charge in [-0.05, 0) is 6.07 Å². The zero-order valence-corrected chi connectivity index (χ0v) is 15.2. The van der Waals surface area contributed by atoms with E-state index in [1.807, 2.05) is 6.07 Å². The summed E-state index contributed by atoms with van der Waals surface area (Å²) in [4.78, 5) is 24.1. The minimum atomic E-state index is -1.60. The molecule has 30 heavy (non-hydrogen) atoms. The average Bonchev–Trinajstić information content (AvgIpc) is 3.28. The molecule has 0 radical (unpaired) electrons. The number of anilines is 1. The molecule has 1 aromatic heterocycles. The van der Waals surface area contributed by atoms with Crippen LogP contribution in [0.15, 0.2) is 60.0 Å². The second kappa shape index (κ2) is 5.92. The number of nitrogens with zero attached hydrogens (tertiary/aromatic N) is 3. The summed E-state index contributed by atoms with van der Waals surface area (Å²) in [7, 11) is 0. The molecule has 1 amide bonds. The fraction of sp³-hybridized carbons (Fsp3) is 0.0500. The van der Waals surface area contributed by atoms with Gasteiger partial charge in [-0.1, -0.05) is 30.3 Å². The van der Waals surface area contributed by atoms with E-state index in [1.54, 1.807) is 30.3 Å². The summed E-state index contributed by atoms with van der Waals surface area (Å²) in [6.07, 6.45) is 0. The number of nitrogens with one attached hydrogen (secondary N) is 2. The number of aromatic amines is 1. The lowest BCUT2D eigenvalue weighted by molar-refractivity contribution is -0.384. The van der Waals surface area contributed by atoms with E-state index in [2.05, 4.69) is 15.5 Å². The molecule has 1 spiro atoms. The van der Waals surface area contributed by atoms with E-state index < -0.39 is 16.2 Å². The molecule has 10 heteroatoms. The van der Waals surface area contributed by atoms with Crippen molar-refractivity contribution in [3.63, 3.8) is 0 Å². The van der Waals surface area contributed by atoms with Crippen LogP contribution in [0, 0.1) is 21.4 Å². The van der Waals surface area contributed by atoms with Crippen molar-refractivity contribution in [1.82, 2.24) is 10.2 Å². The van der Waals surface area contributed by atoms with E-state index in [9.17, 15) is 20.2 Å². The Morgan fingerprint density at radius 1 is 1.23 bits per heavy atom. The van der Waals surface area contributed by atoms with Crippen LogP contribution >= 0.6 is 0 Å². The molecular formula is C20H12N6O4. The number of carbonyl (C=O) groups excluding carboxylic acids is 1. The second-order valence-corrected chi connectivity index (χ2v) is 6.79. The molecule has 2 aliphatic heterocycles. The second-order valence-electron chi connectivity index (χ2n) is 6.79. The Morgan fingerprint density at radius 2 is 2.03 bits per heavy atom. The van der Waals surface area contributed by atoms with Crippen molar-refractivity contribution in [3.05, 3.63) is 81.2 Å². The van der Waals surface area contributed by atoms with Gasteiger partial charge in [-0.25, -0.2) is 0 Å². The number of ether oxygens (including phenoxy) is 1. The van der Waals surface area contributed by atoms with E-state index in [1.165, 1.54) is 18.2 Å². The standard InChI is InChI=1S/C20H12N6O4/c21-9-13-17(22)30-18-15(20(13)12-6-1-2-7-14(12)23-19(20)27)16(24-25-18)10-4-3-5-11(8-10)26(28)29/h1-8H,22H2,(H,23,27)(H,24,25)/t20-/m1/s1. The Morgan fingerprint density at radius 3 is 2.80 bits per heavy atom. The van der Waals surface area contributed by atoms with Crippen LogP contribution < -0.4 is 15.8 Å². The predicted octanol–water partition coefficient (Wildman–Crippen LogP) is 2.31. The molecule has 3 heterocycles. The van der Waals surface area contributed by atoms with Crippen molar-refractivity contribution >= 4 is 17.3 Å². The minimum Gasteiger partial charge on any atom is -0.420 e. The number of nitrogens with two attached hydrogens (primary N) is 1. The van der Waals surface area contributed by atoms with Gasteiger partial charge in [-0.2, -0.15) is 5.26 Å². The fourth-order valence-corrected chi connectivity index (χ4v) is 4.09. The summed E-state index contributed by atoms with van der Waals surface area (Å²) < 4.78 is 5.54. The molecule has 0 unspecified atom stereocenters. The normalized spacial score (nSPS) is 19.0. The molecule has 146 valence electrons. The smallest absolute Gasteiger partial charge is 0.270 e. The van der Waals surface area contributed by atoms with Gasteiger partial charge in [0, 0.05) is 28.9 Å². The largest absolute Gasteiger partial charge is 0.420 e. The third kappa shape index (κ3) is 2.05. The monoisotopic (exact) mass is 400 g/mol. The van der Waals surface area contributed by atoms with Gasteiger partial charge in [0.15, 0.2) is 0 Å². The number of nitro benzene ring substituents is 1. The van der Waals surface area contributed by atoms with E-state index in [4.69, 9.17) is 10.5 Å². The van der Waals surface area contributed by atoms with Crippen molar-refractivity contribution in [3.8, 4) is 23.2 Å². The number of hydrogen-bond acceptors (Lipinski definition) is 7. The van der Waals surface area contributed by atoms with Crippen LogP contribution in [-0.4, -0.2) is 21.0 Å². The summed E-state index contributed by atoms with van der Waals surface area (Å²) in [5, 5.41) is 30.9. The fourth-order valence-electron chi connectivity index (χ4n) is 4.09. The maximum Gasteiger partial charge on any atom is 0.270 e. The molecule has 4 N–H and O–H groups in total. The highest BCUT2D eigenvalue weighted by molar-refractivity contribution is 6.13. The number of para-hydroxylation sites is 1. The molecule has 0 bridgehead atoms. The summed E-state index contributed by atoms with van der Waals surface area (Å²) in [5.74, 6) is -0.686. The molecule has 0 aliphatic carbocycles. The number of fused-ring (bicyclic) bond motifs is 4. The number of nitro groups is 1. The van der Waals surface area contributed by atoms with Gasteiger partial charge in [-0.3, -0.25) is 20.0 Å². The van der Waals surface area contributed by atoms with Crippen molar-refractivity contribution in [1.29, 1.82) is 5.26 Å². The average molecular weight is 400 g/mol. The van der Waals surface area contributed by atoms with Gasteiger partial charge >= 0.3 is 0 Å². The number of hydrogen-bond donors (Lipinski definition) is 3. The van der Waals surface area contributed by atoms with Gasteiger partial charge < -0.3 is 15.8 Å². The van der Waals surface area contributed by atoms with Crippen molar-refractivity contribution < 1.29 is 14.5 Å². The first-order valence-electron chi connectivity index (χ1n) is 8.81. The first-order chi connectivity index (χ1) is 14.5. The minimum absolute atomic E-state index is 0.0276. The van der Waals surface area contributed by atoms with Crippen LogP contribution in [0.5, 0.6) is 5.88 Å². The molecule has 2 aromatic carbocycles. The van der Waals surface area contributed by atoms with Crippen molar-refractivity contribution in [2.75, 3.05) is 5.32 Å². The van der Waals surface area contributed by atoms with Gasteiger partial charge in [0.2, 0.25) is 17.7 Å². The maximum absolute atomic E-state index is 13.4. The summed E-state index contributed by atoms with van der Waals surface area (Å²) in [5.41, 5.74) is 6.25. The van der Waals surface area contributed by atoms with Gasteiger partial charge in [0.1, 0.15) is 17.1 Å². The van der Waals surface area contributed by atoms with Crippen LogP contribution in [0.3, 0.4) is 0 Å². The van der Waals surface area contributed by atoms with E-state index in [-0.39, 0.29) is 28.6 Å². The molecular weight excluding hydrogens is 388 g/mol. The SMILES string of the molecule is N#CC1=C(N)Oc2n[nH]c(-c3cccc([N+](=O)[O-])c3)c2[C@]12C(=O)Nc1ccccc12. The van der Waals surface area contributed by atoms with E-state index >= 15 is 0 Å². The third-order valence-electron chi connectivity index (χ3n) is 5.31. The zero-order chi connectivity index (χ0) is 21.0. The number of non-ortho nitro benzene ring substituents is 1. The van der Waals surface area contributed by atoms with Gasteiger partial charge in [0.25, 0.3) is 5.69 Å². The third-order valence-corrected chi connectivity index (χ3v) is 5.31. The highest BCUT2D eigenvalue weighted by Crippen LogP contribution is 2.55.